The summed E-state index contributed by atoms with van der Waals surface area (Å²) in [6.45, 7) is 13.6. The van der Waals surface area contributed by atoms with Crippen molar-refractivity contribution >= 4 is 17.7 Å². The average molecular weight is 500 g/mol. The van der Waals surface area contributed by atoms with Crippen LogP contribution in [-0.2, 0) is 16.0 Å². The van der Waals surface area contributed by atoms with Gasteiger partial charge in [-0.05, 0) is 70.8 Å². The highest BCUT2D eigenvalue weighted by Crippen LogP contribution is 2.21. The van der Waals surface area contributed by atoms with E-state index in [0.717, 1.165) is 51.0 Å². The fraction of sp³-hybridized carbons (Fsp3) is 0.679. The van der Waals surface area contributed by atoms with Crippen LogP contribution in [0.4, 0.5) is 10.5 Å². The van der Waals surface area contributed by atoms with Gasteiger partial charge in [-0.1, -0.05) is 32.4 Å². The minimum absolute atomic E-state index is 0.0844. The van der Waals surface area contributed by atoms with Gasteiger partial charge in [0, 0.05) is 38.8 Å². The Balaban J connectivity index is 2.07. The summed E-state index contributed by atoms with van der Waals surface area (Å²) >= 11 is 0. The quantitative estimate of drug-likeness (QED) is 0.551. The average Bonchev–Trinajstić information content (AvgIpc) is 3.02. The maximum absolute atomic E-state index is 13.3. The zero-order valence-electron chi connectivity index (χ0n) is 23.2. The summed E-state index contributed by atoms with van der Waals surface area (Å²) < 4.78 is 5.50. The number of benzene rings is 1. The molecule has 0 aliphatic carbocycles. The van der Waals surface area contributed by atoms with Crippen LogP contribution in [0, 0.1) is 17.2 Å². The van der Waals surface area contributed by atoms with Crippen LogP contribution in [0.25, 0.3) is 0 Å². The van der Waals surface area contributed by atoms with Crippen LogP contribution in [0.1, 0.15) is 59.4 Å². The summed E-state index contributed by atoms with van der Waals surface area (Å²) in [6, 6.07) is 9.06. The summed E-state index contributed by atoms with van der Waals surface area (Å²) in [5.41, 5.74) is 1.50. The lowest BCUT2D eigenvalue weighted by Gasteiger charge is -2.33. The van der Waals surface area contributed by atoms with Crippen LogP contribution in [-0.4, -0.2) is 79.8 Å². The first-order valence-electron chi connectivity index (χ1n) is 13.1. The highest BCUT2D eigenvalue weighted by molar-refractivity contribution is 5.86. The van der Waals surface area contributed by atoms with Gasteiger partial charge >= 0.3 is 6.09 Å². The molecule has 1 aromatic rings. The number of carbonyl (C=O) groups excluding carboxylic acids is 2. The Kier molecular flexibility index (Phi) is 11.0. The molecule has 8 heteroatoms. The predicted molar refractivity (Wildman–Crippen MR) is 144 cm³/mol. The third-order valence-corrected chi connectivity index (χ3v) is 6.58. The molecule has 1 aromatic carbocycles. The smallest absolute Gasteiger partial charge is 0.410 e. The minimum Gasteiger partial charge on any atom is -0.444 e. The van der Waals surface area contributed by atoms with Gasteiger partial charge in [0.15, 0.2) is 0 Å². The lowest BCUT2D eigenvalue weighted by molar-refractivity contribution is -0.128. The maximum Gasteiger partial charge on any atom is 0.410 e. The fourth-order valence-electron chi connectivity index (χ4n) is 4.65. The van der Waals surface area contributed by atoms with Crippen LogP contribution in [0.2, 0.25) is 0 Å². The lowest BCUT2D eigenvalue weighted by Crippen LogP contribution is -2.54. The molecule has 1 heterocycles. The largest absolute Gasteiger partial charge is 0.444 e. The molecule has 1 fully saturated rings. The van der Waals surface area contributed by atoms with Gasteiger partial charge in [-0.2, -0.15) is 5.26 Å². The van der Waals surface area contributed by atoms with Gasteiger partial charge in [0.2, 0.25) is 5.91 Å². The van der Waals surface area contributed by atoms with E-state index in [1.807, 2.05) is 26.0 Å². The molecule has 0 aromatic heterocycles. The van der Waals surface area contributed by atoms with E-state index in [4.69, 9.17) is 4.74 Å². The molecular formula is C28H45N5O3. The van der Waals surface area contributed by atoms with E-state index in [1.165, 1.54) is 10.6 Å². The summed E-state index contributed by atoms with van der Waals surface area (Å²) in [4.78, 5) is 32.1. The van der Waals surface area contributed by atoms with Crippen LogP contribution in [0.3, 0.4) is 0 Å². The Labute approximate surface area is 217 Å². The number of rotatable bonds is 9. The van der Waals surface area contributed by atoms with E-state index in [2.05, 4.69) is 40.4 Å². The number of nitrogens with zero attached hydrogens (tertiary/aromatic N) is 4. The fourth-order valence-corrected chi connectivity index (χ4v) is 4.65. The van der Waals surface area contributed by atoms with Crippen molar-refractivity contribution in [2.75, 3.05) is 45.2 Å². The Morgan fingerprint density at radius 1 is 1.17 bits per heavy atom. The van der Waals surface area contributed by atoms with Crippen molar-refractivity contribution in [3.05, 3.63) is 29.8 Å². The molecule has 0 saturated carbocycles. The molecule has 1 saturated heterocycles. The number of nitriles is 1. The molecule has 0 radical (unpaired) electrons. The van der Waals surface area contributed by atoms with E-state index in [9.17, 15) is 14.9 Å². The molecule has 0 bridgehead atoms. The predicted octanol–water partition coefficient (Wildman–Crippen LogP) is 4.05. The normalized spacial score (nSPS) is 17.3. The van der Waals surface area contributed by atoms with Crippen molar-refractivity contribution in [2.24, 2.45) is 5.92 Å². The highest BCUT2D eigenvalue weighted by atomic mass is 16.6. The number of hydrogen-bond donors (Lipinski definition) is 1. The Morgan fingerprint density at radius 3 is 2.42 bits per heavy atom. The molecule has 2 rings (SSSR count). The summed E-state index contributed by atoms with van der Waals surface area (Å²) in [5.74, 6) is -0.417. The Bertz CT molecular complexity index is 890. The lowest BCUT2D eigenvalue weighted by atomic mass is 9.94. The molecule has 200 valence electrons. The zero-order valence-corrected chi connectivity index (χ0v) is 23.2. The van der Waals surface area contributed by atoms with Crippen molar-refractivity contribution in [3.8, 4) is 6.07 Å². The number of hydrogen-bond acceptors (Lipinski definition) is 6. The van der Waals surface area contributed by atoms with E-state index < -0.39 is 23.8 Å². The standard InChI is InChI=1S/C28H45N5O3/c1-8-10-21(2)25(32(7)27(35)36-28(3,4)5)26(34)30-23(20-29)19-22-11-13-24(14-12-22)33-16-9-15-31(6)17-18-33/h11-14,21,23,25H,8-10,15-19H2,1-7H3,(H,30,34)/t21-,23+,25+/m1/s1. The van der Waals surface area contributed by atoms with Gasteiger partial charge in [0.25, 0.3) is 0 Å². The first-order valence-corrected chi connectivity index (χ1v) is 13.1. The molecule has 1 aliphatic rings. The number of likely N-dealkylation sites (N-methyl/N-ethyl adjacent to an activating group) is 2. The SMILES string of the molecule is CCC[C@@H](C)[C@@H](C(=O)N[C@H](C#N)Cc1ccc(N2CCCN(C)CC2)cc1)N(C)C(=O)OC(C)(C)C. The third-order valence-electron chi connectivity index (χ3n) is 6.58. The number of nitrogens with one attached hydrogen (secondary N) is 1. The maximum atomic E-state index is 13.3. The van der Waals surface area contributed by atoms with Crippen LogP contribution >= 0.6 is 0 Å². The summed E-state index contributed by atoms with van der Waals surface area (Å²) in [6.07, 6.45) is 2.64. The van der Waals surface area contributed by atoms with Crippen molar-refractivity contribution in [3.63, 3.8) is 0 Å². The molecule has 0 spiro atoms. The molecular weight excluding hydrogens is 454 g/mol. The minimum atomic E-state index is -0.723. The van der Waals surface area contributed by atoms with Crippen molar-refractivity contribution < 1.29 is 14.3 Å². The topological polar surface area (TPSA) is 88.9 Å². The van der Waals surface area contributed by atoms with Gasteiger partial charge in [-0.15, -0.1) is 0 Å². The van der Waals surface area contributed by atoms with Gasteiger partial charge < -0.3 is 19.9 Å². The number of ether oxygens (including phenoxy) is 1. The monoisotopic (exact) mass is 499 g/mol. The van der Waals surface area contributed by atoms with Gasteiger partial charge in [0.1, 0.15) is 17.7 Å². The van der Waals surface area contributed by atoms with E-state index in [1.54, 1.807) is 27.8 Å². The second-order valence-electron chi connectivity index (χ2n) is 11.0. The molecule has 36 heavy (non-hydrogen) atoms. The van der Waals surface area contributed by atoms with Crippen molar-refractivity contribution in [2.45, 2.75) is 78.0 Å². The number of anilines is 1. The zero-order chi connectivity index (χ0) is 26.9. The van der Waals surface area contributed by atoms with E-state index in [-0.39, 0.29) is 11.8 Å². The van der Waals surface area contributed by atoms with E-state index >= 15 is 0 Å². The first-order chi connectivity index (χ1) is 16.9. The first kappa shape index (κ1) is 29.4. The van der Waals surface area contributed by atoms with Crippen LogP contribution in [0.15, 0.2) is 24.3 Å². The molecule has 8 nitrogen and oxygen atoms in total. The Morgan fingerprint density at radius 2 is 1.83 bits per heavy atom. The van der Waals surface area contributed by atoms with Crippen molar-refractivity contribution in [1.29, 1.82) is 5.26 Å². The second-order valence-corrected chi connectivity index (χ2v) is 11.0. The molecule has 3 atom stereocenters. The second kappa shape index (κ2) is 13.5. The molecule has 2 amide bonds. The van der Waals surface area contributed by atoms with Crippen LogP contribution in [0.5, 0.6) is 0 Å². The number of amides is 2. The third kappa shape index (κ3) is 9.02. The van der Waals surface area contributed by atoms with Gasteiger partial charge in [-0.3, -0.25) is 9.69 Å². The van der Waals surface area contributed by atoms with Crippen molar-refractivity contribution in [1.82, 2.24) is 15.1 Å². The number of carbonyl (C=O) groups is 2. The molecule has 1 aliphatic heterocycles. The van der Waals surface area contributed by atoms with Gasteiger partial charge in [0.05, 0.1) is 6.07 Å². The summed E-state index contributed by atoms with van der Waals surface area (Å²) in [5, 5.41) is 12.7. The molecule has 0 unspecified atom stereocenters. The summed E-state index contributed by atoms with van der Waals surface area (Å²) in [7, 11) is 3.74. The molecule has 1 N–H and O–H groups in total. The van der Waals surface area contributed by atoms with Crippen LogP contribution < -0.4 is 10.2 Å². The van der Waals surface area contributed by atoms with Gasteiger partial charge in [-0.25, -0.2) is 4.79 Å². The highest BCUT2D eigenvalue weighted by Gasteiger charge is 2.35. The van der Waals surface area contributed by atoms with E-state index in [0.29, 0.717) is 6.42 Å². The Hall–Kier alpha value is -2.79.